The molecule has 3 atom stereocenters. The van der Waals surface area contributed by atoms with Crippen LogP contribution in [-0.2, 0) is 9.63 Å². The molecule has 0 bridgehead atoms. The van der Waals surface area contributed by atoms with Crippen molar-refractivity contribution in [1.29, 1.82) is 0 Å². The molecule has 0 radical (unpaired) electrons. The minimum atomic E-state index is -0.661. The number of rotatable bonds is 5. The largest absolute Gasteiger partial charge is 0.390 e. The van der Waals surface area contributed by atoms with Crippen molar-refractivity contribution in [3.05, 3.63) is 71.3 Å². The first-order chi connectivity index (χ1) is 13.0. The van der Waals surface area contributed by atoms with Crippen molar-refractivity contribution >= 4 is 11.6 Å². The average molecular weight is 370 g/mol. The Balaban J connectivity index is 1.32. The number of benzene rings is 2. The maximum atomic E-state index is 13.9. The Kier molecular flexibility index (Phi) is 4.64. The second-order valence-electron chi connectivity index (χ2n) is 7.17. The summed E-state index contributed by atoms with van der Waals surface area (Å²) in [5.41, 5.74) is 1.87. The lowest BCUT2D eigenvalue weighted by molar-refractivity contribution is -0.132. The lowest BCUT2D eigenvalue weighted by Crippen LogP contribution is -2.35. The lowest BCUT2D eigenvalue weighted by atomic mass is 10.0. The van der Waals surface area contributed by atoms with E-state index in [-0.39, 0.29) is 29.4 Å². The van der Waals surface area contributed by atoms with E-state index >= 15 is 0 Å². The van der Waals surface area contributed by atoms with Crippen LogP contribution in [0.1, 0.15) is 29.9 Å². The summed E-state index contributed by atoms with van der Waals surface area (Å²) in [5, 5.41) is 3.93. The van der Waals surface area contributed by atoms with Gasteiger partial charge in [-0.25, -0.2) is 8.78 Å². The second-order valence-corrected chi connectivity index (χ2v) is 7.17. The van der Waals surface area contributed by atoms with E-state index in [9.17, 15) is 13.6 Å². The van der Waals surface area contributed by atoms with Crippen molar-refractivity contribution < 1.29 is 18.4 Å². The molecule has 27 heavy (non-hydrogen) atoms. The number of nitrogens with zero attached hydrogens (tertiary/aromatic N) is 2. The van der Waals surface area contributed by atoms with Crippen LogP contribution >= 0.6 is 0 Å². The van der Waals surface area contributed by atoms with Crippen LogP contribution in [0.25, 0.3) is 0 Å². The van der Waals surface area contributed by atoms with Gasteiger partial charge in [0.2, 0.25) is 5.91 Å². The molecule has 1 saturated carbocycles. The molecule has 6 heteroatoms. The Morgan fingerprint density at radius 1 is 1.22 bits per heavy atom. The van der Waals surface area contributed by atoms with E-state index in [1.165, 1.54) is 17.7 Å². The highest BCUT2D eigenvalue weighted by molar-refractivity contribution is 6.01. The number of likely N-dealkylation sites (N-methyl/N-ethyl adjacent to an activating group) is 1. The van der Waals surface area contributed by atoms with Gasteiger partial charge in [0.1, 0.15) is 11.6 Å². The second kappa shape index (κ2) is 7.10. The number of amides is 1. The average Bonchev–Trinajstić information content (AvgIpc) is 3.34. The summed E-state index contributed by atoms with van der Waals surface area (Å²) in [4.78, 5) is 19.7. The molecule has 0 N–H and O–H groups in total. The molecule has 1 amide bonds. The summed E-state index contributed by atoms with van der Waals surface area (Å²) >= 11 is 0. The summed E-state index contributed by atoms with van der Waals surface area (Å²) in [6.07, 6.45) is 0.918. The number of carbonyl (C=O) groups is 1. The third-order valence-corrected chi connectivity index (χ3v) is 5.16. The normalized spacial score (nSPS) is 23.5. The molecule has 0 spiro atoms. The SMILES string of the molecule is CN(CC1CC(c2ccc(F)cc2F)=NO1)C(=O)C1CC1c1ccccc1. The van der Waals surface area contributed by atoms with E-state index in [4.69, 9.17) is 4.84 Å². The van der Waals surface area contributed by atoms with Crippen LogP contribution in [0.2, 0.25) is 0 Å². The van der Waals surface area contributed by atoms with E-state index in [1.807, 2.05) is 18.2 Å². The van der Waals surface area contributed by atoms with Gasteiger partial charge in [0, 0.05) is 31.0 Å². The van der Waals surface area contributed by atoms with Gasteiger partial charge in [-0.1, -0.05) is 35.5 Å². The van der Waals surface area contributed by atoms with E-state index in [2.05, 4.69) is 17.3 Å². The van der Waals surface area contributed by atoms with Crippen molar-refractivity contribution in [3.8, 4) is 0 Å². The molecule has 1 aliphatic carbocycles. The number of halogens is 2. The molecule has 4 rings (SSSR count). The minimum Gasteiger partial charge on any atom is -0.390 e. The smallest absolute Gasteiger partial charge is 0.226 e. The summed E-state index contributed by atoms with van der Waals surface area (Å²) in [5.74, 6) is -0.908. The molecule has 2 aromatic rings. The molecule has 140 valence electrons. The molecular weight excluding hydrogens is 350 g/mol. The topological polar surface area (TPSA) is 41.9 Å². The monoisotopic (exact) mass is 370 g/mol. The van der Waals surface area contributed by atoms with Gasteiger partial charge in [0.05, 0.1) is 12.3 Å². The number of carbonyl (C=O) groups excluding carboxylic acids is 1. The van der Waals surface area contributed by atoms with E-state index in [0.29, 0.717) is 18.7 Å². The van der Waals surface area contributed by atoms with Crippen LogP contribution in [-0.4, -0.2) is 36.2 Å². The van der Waals surface area contributed by atoms with Crippen LogP contribution in [0, 0.1) is 17.6 Å². The van der Waals surface area contributed by atoms with Gasteiger partial charge in [-0.3, -0.25) is 4.79 Å². The van der Waals surface area contributed by atoms with Gasteiger partial charge in [0.15, 0.2) is 6.10 Å². The Morgan fingerprint density at radius 2 is 2.00 bits per heavy atom. The summed E-state index contributed by atoms with van der Waals surface area (Å²) in [7, 11) is 1.75. The minimum absolute atomic E-state index is 0.00809. The van der Waals surface area contributed by atoms with Crippen molar-refractivity contribution in [1.82, 2.24) is 4.90 Å². The van der Waals surface area contributed by atoms with Gasteiger partial charge in [-0.2, -0.15) is 0 Å². The van der Waals surface area contributed by atoms with Crippen LogP contribution < -0.4 is 0 Å². The lowest BCUT2D eigenvalue weighted by Gasteiger charge is -2.20. The zero-order valence-corrected chi connectivity index (χ0v) is 14.9. The van der Waals surface area contributed by atoms with Crippen molar-refractivity contribution in [3.63, 3.8) is 0 Å². The van der Waals surface area contributed by atoms with Crippen LogP contribution in [0.3, 0.4) is 0 Å². The Hall–Kier alpha value is -2.76. The maximum absolute atomic E-state index is 13.9. The highest BCUT2D eigenvalue weighted by atomic mass is 19.1. The zero-order valence-electron chi connectivity index (χ0n) is 14.9. The molecule has 4 nitrogen and oxygen atoms in total. The third-order valence-electron chi connectivity index (χ3n) is 5.16. The predicted octanol–water partition coefficient (Wildman–Crippen LogP) is 3.72. The molecule has 1 fully saturated rings. The van der Waals surface area contributed by atoms with Gasteiger partial charge >= 0.3 is 0 Å². The first kappa shape index (κ1) is 17.6. The van der Waals surface area contributed by atoms with Crippen molar-refractivity contribution in [2.24, 2.45) is 11.1 Å². The van der Waals surface area contributed by atoms with Gasteiger partial charge < -0.3 is 9.74 Å². The fourth-order valence-corrected chi connectivity index (χ4v) is 3.62. The summed E-state index contributed by atoms with van der Waals surface area (Å²) in [6.45, 7) is 0.382. The van der Waals surface area contributed by atoms with Gasteiger partial charge in [-0.15, -0.1) is 0 Å². The fraction of sp³-hybridized carbons (Fsp3) is 0.333. The quantitative estimate of drug-likeness (QED) is 0.805. The van der Waals surface area contributed by atoms with E-state index in [1.54, 1.807) is 11.9 Å². The first-order valence-electron chi connectivity index (χ1n) is 9.01. The van der Waals surface area contributed by atoms with E-state index < -0.39 is 11.6 Å². The van der Waals surface area contributed by atoms with Crippen LogP contribution in [0.5, 0.6) is 0 Å². The van der Waals surface area contributed by atoms with E-state index in [0.717, 1.165) is 12.5 Å². The van der Waals surface area contributed by atoms with Crippen molar-refractivity contribution in [2.75, 3.05) is 13.6 Å². The Bertz CT molecular complexity index is 885. The standard InChI is InChI=1S/C21H20F2N2O2/c1-25(21(26)18-11-17(18)13-5-3-2-4-6-13)12-15-10-20(24-27-15)16-8-7-14(22)9-19(16)23/h2-9,15,17-18H,10-12H2,1H3. The Morgan fingerprint density at radius 3 is 2.74 bits per heavy atom. The number of oxime groups is 1. The molecule has 2 aliphatic rings. The molecule has 1 aliphatic heterocycles. The molecular formula is C21H20F2N2O2. The Labute approximate surface area is 156 Å². The molecule has 3 unspecified atom stereocenters. The van der Waals surface area contributed by atoms with Crippen LogP contribution in [0.15, 0.2) is 53.7 Å². The summed E-state index contributed by atoms with van der Waals surface area (Å²) < 4.78 is 27.0. The molecule has 1 heterocycles. The predicted molar refractivity (Wildman–Crippen MR) is 97.3 cm³/mol. The van der Waals surface area contributed by atoms with Gasteiger partial charge in [0.25, 0.3) is 0 Å². The molecule has 0 saturated heterocycles. The van der Waals surface area contributed by atoms with Crippen molar-refractivity contribution in [2.45, 2.75) is 24.9 Å². The first-order valence-corrected chi connectivity index (χ1v) is 9.01. The molecule has 0 aromatic heterocycles. The zero-order chi connectivity index (χ0) is 19.0. The fourth-order valence-electron chi connectivity index (χ4n) is 3.62. The summed E-state index contributed by atoms with van der Waals surface area (Å²) in [6, 6.07) is 13.4. The highest BCUT2D eigenvalue weighted by Crippen LogP contribution is 2.48. The van der Waals surface area contributed by atoms with Crippen LogP contribution in [0.4, 0.5) is 8.78 Å². The number of hydrogen-bond donors (Lipinski definition) is 0. The third kappa shape index (κ3) is 3.70. The number of hydrogen-bond acceptors (Lipinski definition) is 3. The maximum Gasteiger partial charge on any atom is 0.226 e. The molecule has 2 aromatic carbocycles. The van der Waals surface area contributed by atoms with Gasteiger partial charge in [-0.05, 0) is 30.0 Å². The highest BCUT2D eigenvalue weighted by Gasteiger charge is 2.45.